The van der Waals surface area contributed by atoms with Crippen molar-refractivity contribution in [3.05, 3.63) is 60.3 Å². The molecule has 0 saturated heterocycles. The maximum atomic E-state index is 12.2. The number of aromatic nitrogens is 2. The van der Waals surface area contributed by atoms with Crippen molar-refractivity contribution in [3.63, 3.8) is 0 Å². The van der Waals surface area contributed by atoms with E-state index >= 15 is 0 Å². The van der Waals surface area contributed by atoms with Gasteiger partial charge in [0.2, 0.25) is 5.91 Å². The second-order valence-corrected chi connectivity index (χ2v) is 11.2. The lowest BCUT2D eigenvalue weighted by Gasteiger charge is -2.14. The number of anilines is 1. The highest BCUT2D eigenvalue weighted by Crippen LogP contribution is 2.23. The van der Waals surface area contributed by atoms with Gasteiger partial charge in [-0.1, -0.05) is 112 Å². The first-order valence-electron chi connectivity index (χ1n) is 14.3. The van der Waals surface area contributed by atoms with E-state index in [4.69, 9.17) is 4.52 Å². The number of hydrogen-bond donors (Lipinski definition) is 1. The van der Waals surface area contributed by atoms with Gasteiger partial charge in [0, 0.05) is 23.6 Å². The van der Waals surface area contributed by atoms with Crippen LogP contribution in [0.2, 0.25) is 0 Å². The Morgan fingerprint density at radius 1 is 1.11 bits per heavy atom. The van der Waals surface area contributed by atoms with Crippen molar-refractivity contribution < 1.29 is 9.32 Å². The van der Waals surface area contributed by atoms with Crippen molar-refractivity contribution in [3.8, 4) is 0 Å². The number of nitrogens with one attached hydrogen (secondary N) is 1. The lowest BCUT2D eigenvalue weighted by Crippen LogP contribution is -2.20. The third-order valence-electron chi connectivity index (χ3n) is 4.85. The zero-order valence-corrected chi connectivity index (χ0v) is 26.6. The maximum Gasteiger partial charge on any atom is 0.253 e. The zero-order valence-electron chi connectivity index (χ0n) is 26.6. The molecule has 1 amide bonds. The van der Waals surface area contributed by atoms with Crippen LogP contribution in [0.1, 0.15) is 126 Å². The van der Waals surface area contributed by atoms with Gasteiger partial charge in [0.25, 0.3) is 5.89 Å². The second kappa shape index (κ2) is 21.3. The van der Waals surface area contributed by atoms with Gasteiger partial charge in [-0.3, -0.25) is 4.79 Å². The van der Waals surface area contributed by atoms with Crippen LogP contribution in [-0.2, 0) is 11.2 Å². The number of amides is 1. The van der Waals surface area contributed by atoms with E-state index < -0.39 is 0 Å². The molecule has 1 aromatic carbocycles. The van der Waals surface area contributed by atoms with Crippen molar-refractivity contribution >= 4 is 17.2 Å². The molecule has 38 heavy (non-hydrogen) atoms. The summed E-state index contributed by atoms with van der Waals surface area (Å²) in [4.78, 5) is 16.7. The van der Waals surface area contributed by atoms with Crippen LogP contribution in [0.3, 0.4) is 0 Å². The van der Waals surface area contributed by atoms with E-state index in [1.54, 1.807) is 6.08 Å². The molecule has 1 aromatic heterocycles. The third-order valence-corrected chi connectivity index (χ3v) is 4.85. The lowest BCUT2D eigenvalue weighted by atomic mass is 9.91. The number of allylic oxidation sites excluding steroid dienone is 3. The molecule has 0 aliphatic rings. The van der Waals surface area contributed by atoms with Gasteiger partial charge in [-0.15, -0.1) is 6.58 Å². The molecule has 0 saturated carbocycles. The SMILES string of the molecule is C=CC.CC.CC(C)C.CCCCC(C)C(=O)Nc1ccc(Cc2noc(/C(C)=C/CC(C)(C)C)n2)cc1. The highest BCUT2D eigenvalue weighted by molar-refractivity contribution is 5.92. The molecule has 0 radical (unpaired) electrons. The minimum Gasteiger partial charge on any atom is -0.334 e. The lowest BCUT2D eigenvalue weighted by molar-refractivity contribution is -0.119. The van der Waals surface area contributed by atoms with E-state index in [1.807, 2.05) is 58.9 Å². The molecule has 0 aliphatic heterocycles. The Bertz CT molecular complexity index is 900. The monoisotopic (exact) mass is 527 g/mol. The fourth-order valence-corrected chi connectivity index (χ4v) is 2.83. The molecule has 216 valence electrons. The van der Waals surface area contributed by atoms with E-state index in [9.17, 15) is 4.79 Å². The summed E-state index contributed by atoms with van der Waals surface area (Å²) in [6.07, 6.45) is 8.56. The molecule has 1 heterocycles. The van der Waals surface area contributed by atoms with Crippen LogP contribution in [0.25, 0.3) is 5.57 Å². The summed E-state index contributed by atoms with van der Waals surface area (Å²) in [5, 5.41) is 7.09. The summed E-state index contributed by atoms with van der Waals surface area (Å²) in [7, 11) is 0. The number of hydrogen-bond acceptors (Lipinski definition) is 4. The molecule has 0 aliphatic carbocycles. The van der Waals surface area contributed by atoms with Gasteiger partial charge < -0.3 is 9.84 Å². The molecular formula is C33H57N3O2. The Kier molecular flexibility index (Phi) is 21.0. The van der Waals surface area contributed by atoms with E-state index in [0.717, 1.165) is 48.4 Å². The van der Waals surface area contributed by atoms with Crippen LogP contribution in [0.5, 0.6) is 0 Å². The first kappa shape index (κ1) is 37.5. The Morgan fingerprint density at radius 3 is 2.11 bits per heavy atom. The van der Waals surface area contributed by atoms with Crippen LogP contribution < -0.4 is 5.32 Å². The largest absolute Gasteiger partial charge is 0.334 e. The maximum absolute atomic E-state index is 12.2. The van der Waals surface area contributed by atoms with Crippen LogP contribution >= 0.6 is 0 Å². The summed E-state index contributed by atoms with van der Waals surface area (Å²) in [5.41, 5.74) is 3.13. The summed E-state index contributed by atoms with van der Waals surface area (Å²) >= 11 is 0. The van der Waals surface area contributed by atoms with Gasteiger partial charge in [0.15, 0.2) is 5.82 Å². The highest BCUT2D eigenvalue weighted by atomic mass is 16.5. The molecular weight excluding hydrogens is 470 g/mol. The van der Waals surface area contributed by atoms with Gasteiger partial charge in [-0.05, 0) is 55.7 Å². The number of nitrogens with zero attached hydrogens (tertiary/aromatic N) is 2. The number of benzene rings is 1. The average molecular weight is 528 g/mol. The minimum absolute atomic E-state index is 0.0296. The van der Waals surface area contributed by atoms with Gasteiger partial charge in [0.1, 0.15) is 0 Å². The number of unbranched alkanes of at least 4 members (excludes halogenated alkanes) is 1. The zero-order chi connectivity index (χ0) is 29.7. The van der Waals surface area contributed by atoms with Crippen LogP contribution in [0.15, 0.2) is 47.5 Å². The van der Waals surface area contributed by atoms with Crippen molar-refractivity contribution in [2.24, 2.45) is 17.3 Å². The van der Waals surface area contributed by atoms with Crippen molar-refractivity contribution in [1.82, 2.24) is 10.1 Å². The summed E-state index contributed by atoms with van der Waals surface area (Å²) in [6, 6.07) is 7.83. The highest BCUT2D eigenvalue weighted by Gasteiger charge is 2.14. The van der Waals surface area contributed by atoms with Crippen LogP contribution in [0.4, 0.5) is 5.69 Å². The molecule has 0 bridgehead atoms. The van der Waals surface area contributed by atoms with Crippen molar-refractivity contribution in [1.29, 1.82) is 0 Å². The summed E-state index contributed by atoms with van der Waals surface area (Å²) in [6.45, 7) is 28.5. The standard InChI is InChI=1S/C24H35N3O2.C4H10.C3H6.C2H6/c1-7-8-9-17(2)22(28)25-20-12-10-19(11-13-20)16-21-26-23(29-27-21)18(3)14-15-24(4,5)6;1-4(2)3;1-3-2;1-2/h10-14,17H,7-9,15-16H2,1-6H3,(H,25,28);4H,1-3H3;3H,1H2,2H3;1-2H3/b18-14+;;;. The third kappa shape index (κ3) is 19.4. The topological polar surface area (TPSA) is 68.0 Å². The predicted octanol–water partition coefficient (Wildman–Crippen LogP) is 10.1. The van der Waals surface area contributed by atoms with Crippen LogP contribution in [-0.4, -0.2) is 16.0 Å². The Labute approximate surface area is 234 Å². The molecule has 1 N–H and O–H groups in total. The number of carbonyl (C=O) groups excluding carboxylic acids is 1. The summed E-state index contributed by atoms with van der Waals surface area (Å²) in [5.74, 6) is 2.18. The van der Waals surface area contributed by atoms with Crippen molar-refractivity contribution in [2.75, 3.05) is 5.32 Å². The first-order chi connectivity index (χ1) is 17.8. The molecule has 2 aromatic rings. The quantitative estimate of drug-likeness (QED) is 0.329. The normalized spacial score (nSPS) is 11.7. The first-order valence-corrected chi connectivity index (χ1v) is 14.3. The Balaban J connectivity index is 0. The molecule has 5 nitrogen and oxygen atoms in total. The van der Waals surface area contributed by atoms with Gasteiger partial charge >= 0.3 is 0 Å². The Morgan fingerprint density at radius 2 is 1.63 bits per heavy atom. The van der Waals surface area contributed by atoms with Gasteiger partial charge in [-0.2, -0.15) is 4.98 Å². The average Bonchev–Trinajstić information content (AvgIpc) is 3.31. The predicted molar refractivity (Wildman–Crippen MR) is 166 cm³/mol. The molecule has 0 spiro atoms. The van der Waals surface area contributed by atoms with E-state index in [1.165, 1.54) is 0 Å². The molecule has 5 heteroatoms. The fourth-order valence-electron chi connectivity index (χ4n) is 2.83. The second-order valence-electron chi connectivity index (χ2n) is 11.2. The molecule has 0 fully saturated rings. The molecule has 1 atom stereocenters. The minimum atomic E-state index is 0.0296. The molecule has 2 rings (SSSR count). The van der Waals surface area contributed by atoms with E-state index in [-0.39, 0.29) is 17.2 Å². The van der Waals surface area contributed by atoms with Gasteiger partial charge in [-0.25, -0.2) is 0 Å². The number of carbonyl (C=O) groups is 1. The van der Waals surface area contributed by atoms with Crippen LogP contribution in [0, 0.1) is 17.3 Å². The summed E-state index contributed by atoms with van der Waals surface area (Å²) < 4.78 is 5.41. The van der Waals surface area contributed by atoms with Crippen molar-refractivity contribution in [2.45, 2.75) is 115 Å². The number of rotatable bonds is 9. The smallest absolute Gasteiger partial charge is 0.253 e. The van der Waals surface area contributed by atoms with E-state index in [2.05, 4.69) is 76.6 Å². The van der Waals surface area contributed by atoms with E-state index in [0.29, 0.717) is 18.1 Å². The van der Waals surface area contributed by atoms with Gasteiger partial charge in [0.05, 0.1) is 0 Å². The fraction of sp³-hybridized carbons (Fsp3) is 0.606. The Hall–Kier alpha value is -2.69. The molecule has 1 unspecified atom stereocenters.